The molecule has 0 aliphatic heterocycles. The Labute approximate surface area is 106 Å². The molecular formula is C11H15ClN2OS. The lowest BCUT2D eigenvalue weighted by Crippen LogP contribution is -2.31. The molecule has 0 aliphatic rings. The molecule has 0 unspecified atom stereocenters. The summed E-state index contributed by atoms with van der Waals surface area (Å²) in [7, 11) is 1.65. The molecule has 0 bridgehead atoms. The number of hydrogen-bond donors (Lipinski definition) is 2. The van der Waals surface area contributed by atoms with Gasteiger partial charge in [-0.15, -0.1) is 0 Å². The number of rotatable bonds is 4. The van der Waals surface area contributed by atoms with E-state index in [1.807, 2.05) is 25.1 Å². The largest absolute Gasteiger partial charge is 0.383 e. The van der Waals surface area contributed by atoms with Crippen LogP contribution in [-0.2, 0) is 4.74 Å². The first kappa shape index (κ1) is 13.2. The van der Waals surface area contributed by atoms with E-state index < -0.39 is 0 Å². The van der Waals surface area contributed by atoms with Crippen LogP contribution in [0.3, 0.4) is 0 Å². The molecule has 1 aromatic carbocycles. The lowest BCUT2D eigenvalue weighted by Gasteiger charge is -2.10. The number of thiocarbonyl (C=S) groups is 1. The fraction of sp³-hybridized carbons (Fsp3) is 0.364. The van der Waals surface area contributed by atoms with E-state index in [1.54, 1.807) is 7.11 Å². The first-order chi connectivity index (χ1) is 7.63. The number of halogens is 1. The Morgan fingerprint density at radius 1 is 1.50 bits per heavy atom. The number of hydrogen-bond acceptors (Lipinski definition) is 2. The van der Waals surface area contributed by atoms with Crippen molar-refractivity contribution in [1.82, 2.24) is 5.32 Å². The minimum atomic E-state index is 0.567. The molecule has 16 heavy (non-hydrogen) atoms. The first-order valence-electron chi connectivity index (χ1n) is 4.93. The van der Waals surface area contributed by atoms with Crippen LogP contribution in [0.2, 0.25) is 5.02 Å². The highest BCUT2D eigenvalue weighted by molar-refractivity contribution is 7.80. The van der Waals surface area contributed by atoms with E-state index in [1.165, 1.54) is 0 Å². The van der Waals surface area contributed by atoms with Crippen molar-refractivity contribution in [3.8, 4) is 0 Å². The summed E-state index contributed by atoms with van der Waals surface area (Å²) in [6.45, 7) is 3.26. The lowest BCUT2D eigenvalue weighted by molar-refractivity contribution is 0.204. The van der Waals surface area contributed by atoms with E-state index in [0.29, 0.717) is 18.3 Å². The van der Waals surface area contributed by atoms with Crippen molar-refractivity contribution in [1.29, 1.82) is 0 Å². The zero-order chi connectivity index (χ0) is 12.0. The van der Waals surface area contributed by atoms with E-state index in [-0.39, 0.29) is 0 Å². The van der Waals surface area contributed by atoms with Gasteiger partial charge in [0, 0.05) is 24.4 Å². The molecule has 0 radical (unpaired) electrons. The molecule has 1 rings (SSSR count). The maximum atomic E-state index is 6.00. The summed E-state index contributed by atoms with van der Waals surface area (Å²) in [6, 6.07) is 5.73. The van der Waals surface area contributed by atoms with E-state index >= 15 is 0 Å². The van der Waals surface area contributed by atoms with Gasteiger partial charge in [-0.2, -0.15) is 0 Å². The van der Waals surface area contributed by atoms with Crippen LogP contribution in [0.4, 0.5) is 5.69 Å². The van der Waals surface area contributed by atoms with E-state index in [4.69, 9.17) is 28.6 Å². The molecule has 0 saturated carbocycles. The molecule has 0 fully saturated rings. The average molecular weight is 259 g/mol. The quantitative estimate of drug-likeness (QED) is 0.643. The summed E-state index contributed by atoms with van der Waals surface area (Å²) in [6.07, 6.45) is 0. The summed E-state index contributed by atoms with van der Waals surface area (Å²) in [4.78, 5) is 0. The average Bonchev–Trinajstić information content (AvgIpc) is 2.24. The number of anilines is 1. The Morgan fingerprint density at radius 3 is 2.88 bits per heavy atom. The SMILES string of the molecule is COCCNC(=S)Nc1ccc(C)c(Cl)c1. The summed E-state index contributed by atoms with van der Waals surface area (Å²) < 4.78 is 4.91. The minimum Gasteiger partial charge on any atom is -0.383 e. The summed E-state index contributed by atoms with van der Waals surface area (Å²) in [5, 5.41) is 7.36. The molecule has 0 atom stereocenters. The van der Waals surface area contributed by atoms with Crippen molar-refractivity contribution in [2.75, 3.05) is 25.6 Å². The smallest absolute Gasteiger partial charge is 0.170 e. The van der Waals surface area contributed by atoms with Gasteiger partial charge in [0.15, 0.2) is 5.11 Å². The lowest BCUT2D eigenvalue weighted by atomic mass is 10.2. The highest BCUT2D eigenvalue weighted by Gasteiger charge is 1.99. The van der Waals surface area contributed by atoms with Crippen LogP contribution >= 0.6 is 23.8 Å². The molecule has 0 heterocycles. The Balaban J connectivity index is 2.46. The van der Waals surface area contributed by atoms with Gasteiger partial charge in [0.2, 0.25) is 0 Å². The number of ether oxygens (including phenoxy) is 1. The third kappa shape index (κ3) is 4.35. The van der Waals surface area contributed by atoms with Gasteiger partial charge < -0.3 is 15.4 Å². The molecule has 0 amide bonds. The molecule has 5 heteroatoms. The van der Waals surface area contributed by atoms with Gasteiger partial charge in [0.1, 0.15) is 0 Å². The second kappa shape index (κ2) is 6.68. The molecule has 1 aromatic rings. The normalized spacial score (nSPS) is 9.94. The third-order valence-corrected chi connectivity index (χ3v) is 2.68. The van der Waals surface area contributed by atoms with Crippen molar-refractivity contribution >= 4 is 34.6 Å². The Bertz CT molecular complexity index is 371. The maximum Gasteiger partial charge on any atom is 0.170 e. The highest BCUT2D eigenvalue weighted by atomic mass is 35.5. The molecule has 0 aromatic heterocycles. The summed E-state index contributed by atoms with van der Waals surface area (Å²) in [5.41, 5.74) is 1.93. The van der Waals surface area contributed by atoms with E-state index in [2.05, 4.69) is 10.6 Å². The van der Waals surface area contributed by atoms with Crippen LogP contribution in [0.25, 0.3) is 0 Å². The fourth-order valence-electron chi connectivity index (χ4n) is 1.11. The number of benzene rings is 1. The second-order valence-electron chi connectivity index (χ2n) is 3.34. The van der Waals surface area contributed by atoms with Crippen LogP contribution < -0.4 is 10.6 Å². The highest BCUT2D eigenvalue weighted by Crippen LogP contribution is 2.19. The Kier molecular flexibility index (Phi) is 5.52. The molecule has 88 valence electrons. The Hall–Kier alpha value is -0.840. The van der Waals surface area contributed by atoms with Crippen molar-refractivity contribution < 1.29 is 4.74 Å². The first-order valence-corrected chi connectivity index (χ1v) is 5.72. The number of methoxy groups -OCH3 is 1. The fourth-order valence-corrected chi connectivity index (χ4v) is 1.51. The minimum absolute atomic E-state index is 0.567. The van der Waals surface area contributed by atoms with E-state index in [9.17, 15) is 0 Å². The van der Waals surface area contributed by atoms with Gasteiger partial charge >= 0.3 is 0 Å². The van der Waals surface area contributed by atoms with Gasteiger partial charge in [-0.25, -0.2) is 0 Å². The van der Waals surface area contributed by atoms with Crippen LogP contribution in [0.5, 0.6) is 0 Å². The van der Waals surface area contributed by atoms with E-state index in [0.717, 1.165) is 16.3 Å². The maximum absolute atomic E-state index is 6.00. The van der Waals surface area contributed by atoms with Crippen molar-refractivity contribution in [2.45, 2.75) is 6.92 Å². The van der Waals surface area contributed by atoms with Crippen LogP contribution in [0.15, 0.2) is 18.2 Å². The second-order valence-corrected chi connectivity index (χ2v) is 4.15. The van der Waals surface area contributed by atoms with Crippen molar-refractivity contribution in [2.24, 2.45) is 0 Å². The molecule has 0 saturated heterocycles. The summed E-state index contributed by atoms with van der Waals surface area (Å²) >= 11 is 11.1. The van der Waals surface area contributed by atoms with Gasteiger partial charge in [0.25, 0.3) is 0 Å². The molecular weight excluding hydrogens is 244 g/mol. The van der Waals surface area contributed by atoms with Crippen LogP contribution in [0, 0.1) is 6.92 Å². The van der Waals surface area contributed by atoms with Gasteiger partial charge in [-0.05, 0) is 36.8 Å². The molecule has 2 N–H and O–H groups in total. The third-order valence-electron chi connectivity index (χ3n) is 2.02. The predicted octanol–water partition coefficient (Wildman–Crippen LogP) is 2.58. The zero-order valence-electron chi connectivity index (χ0n) is 9.34. The van der Waals surface area contributed by atoms with Crippen molar-refractivity contribution in [3.63, 3.8) is 0 Å². The van der Waals surface area contributed by atoms with Gasteiger partial charge in [-0.1, -0.05) is 17.7 Å². The van der Waals surface area contributed by atoms with Crippen molar-refractivity contribution in [3.05, 3.63) is 28.8 Å². The van der Waals surface area contributed by atoms with Crippen LogP contribution in [0.1, 0.15) is 5.56 Å². The topological polar surface area (TPSA) is 33.3 Å². The number of aryl methyl sites for hydroxylation is 1. The molecule has 0 spiro atoms. The zero-order valence-corrected chi connectivity index (χ0v) is 10.9. The molecule has 3 nitrogen and oxygen atoms in total. The van der Waals surface area contributed by atoms with Gasteiger partial charge in [-0.3, -0.25) is 0 Å². The molecule has 0 aliphatic carbocycles. The van der Waals surface area contributed by atoms with Crippen LogP contribution in [-0.4, -0.2) is 25.4 Å². The Morgan fingerprint density at radius 2 is 2.25 bits per heavy atom. The summed E-state index contributed by atoms with van der Waals surface area (Å²) in [5.74, 6) is 0. The standard InChI is InChI=1S/C11H15ClN2OS/c1-8-3-4-9(7-10(8)12)14-11(16)13-5-6-15-2/h3-4,7H,5-6H2,1-2H3,(H2,13,14,16). The van der Waals surface area contributed by atoms with Gasteiger partial charge in [0.05, 0.1) is 6.61 Å². The predicted molar refractivity (Wildman–Crippen MR) is 72.3 cm³/mol. The monoisotopic (exact) mass is 258 g/mol. The number of nitrogens with one attached hydrogen (secondary N) is 2.